The zero-order valence-electron chi connectivity index (χ0n) is 17.3. The van der Waals surface area contributed by atoms with E-state index in [4.69, 9.17) is 4.74 Å². The average molecular weight is 395 g/mol. The van der Waals surface area contributed by atoms with E-state index in [2.05, 4.69) is 39.1 Å². The van der Waals surface area contributed by atoms with Crippen molar-refractivity contribution in [2.45, 2.75) is 32.7 Å². The second-order valence-electron chi connectivity index (χ2n) is 7.10. The summed E-state index contributed by atoms with van der Waals surface area (Å²) in [5.41, 5.74) is 4.31. The first-order valence-corrected chi connectivity index (χ1v) is 10.3. The number of rotatable bonds is 8. The maximum atomic E-state index is 12.1. The number of carbonyl (C=O) groups excluding carboxylic acids is 1. The second-order valence-corrected chi connectivity index (χ2v) is 7.10. The molecule has 0 aliphatic carbocycles. The highest BCUT2D eigenvalue weighted by Crippen LogP contribution is 2.25. The van der Waals surface area contributed by atoms with Crippen LogP contribution < -0.4 is 20.7 Å². The second kappa shape index (κ2) is 10.5. The molecule has 2 aromatic rings. The molecule has 0 fully saturated rings. The molecule has 2 aromatic carbocycles. The molecule has 1 aliphatic rings. The van der Waals surface area contributed by atoms with E-state index in [1.54, 1.807) is 7.05 Å². The Balaban J connectivity index is 1.46. The van der Waals surface area contributed by atoms with E-state index in [0.29, 0.717) is 18.7 Å². The molecule has 1 amide bonds. The molecule has 0 radical (unpaired) electrons. The van der Waals surface area contributed by atoms with Crippen LogP contribution in [0.5, 0.6) is 5.75 Å². The molecule has 3 rings (SSSR count). The largest absolute Gasteiger partial charge is 0.493 e. The number of hydrogen-bond acceptors (Lipinski definition) is 3. The van der Waals surface area contributed by atoms with E-state index in [1.807, 2.05) is 31.2 Å². The Kier molecular flexibility index (Phi) is 7.50. The van der Waals surface area contributed by atoms with Crippen LogP contribution >= 0.6 is 0 Å². The predicted molar refractivity (Wildman–Crippen MR) is 117 cm³/mol. The summed E-state index contributed by atoms with van der Waals surface area (Å²) in [4.78, 5) is 16.4. The molecular weight excluding hydrogens is 364 g/mol. The van der Waals surface area contributed by atoms with Gasteiger partial charge in [0.1, 0.15) is 5.75 Å². The van der Waals surface area contributed by atoms with Gasteiger partial charge in [0, 0.05) is 38.7 Å². The Hall–Kier alpha value is -3.02. The molecule has 3 N–H and O–H groups in total. The minimum absolute atomic E-state index is 0.0315. The molecule has 0 saturated carbocycles. The number of guanidine groups is 1. The first-order chi connectivity index (χ1) is 14.2. The van der Waals surface area contributed by atoms with Gasteiger partial charge < -0.3 is 20.7 Å². The first kappa shape index (κ1) is 20.7. The third-order valence-electron chi connectivity index (χ3n) is 4.87. The van der Waals surface area contributed by atoms with Gasteiger partial charge in [0.05, 0.1) is 6.61 Å². The van der Waals surface area contributed by atoms with Crippen molar-refractivity contribution in [3.8, 4) is 5.75 Å². The SMILES string of the molecule is CCCNC(=O)c1cccc(CNC(=NC)NCCc2ccc3c(c2)CCO3)c1. The molecule has 29 heavy (non-hydrogen) atoms. The summed E-state index contributed by atoms with van der Waals surface area (Å²) in [6, 6.07) is 14.1. The quantitative estimate of drug-likeness (QED) is 0.475. The van der Waals surface area contributed by atoms with Crippen molar-refractivity contribution in [2.75, 3.05) is 26.7 Å². The van der Waals surface area contributed by atoms with Crippen LogP contribution in [0.2, 0.25) is 0 Å². The number of hydrogen-bond donors (Lipinski definition) is 3. The fourth-order valence-electron chi connectivity index (χ4n) is 3.29. The fraction of sp³-hybridized carbons (Fsp3) is 0.391. The summed E-state index contributed by atoms with van der Waals surface area (Å²) in [6.07, 6.45) is 2.84. The fourth-order valence-corrected chi connectivity index (χ4v) is 3.29. The molecule has 0 bridgehead atoms. The molecule has 0 aromatic heterocycles. The van der Waals surface area contributed by atoms with Gasteiger partial charge in [-0.15, -0.1) is 0 Å². The number of carbonyl (C=O) groups is 1. The molecule has 1 aliphatic heterocycles. The Morgan fingerprint density at radius 1 is 1.07 bits per heavy atom. The molecule has 6 nitrogen and oxygen atoms in total. The first-order valence-electron chi connectivity index (χ1n) is 10.3. The summed E-state index contributed by atoms with van der Waals surface area (Å²) in [5, 5.41) is 9.57. The van der Waals surface area contributed by atoms with Gasteiger partial charge in [0.2, 0.25) is 0 Å². The molecule has 1 heterocycles. The molecule has 154 valence electrons. The van der Waals surface area contributed by atoms with Gasteiger partial charge in [-0.2, -0.15) is 0 Å². The molecule has 0 saturated heterocycles. The van der Waals surface area contributed by atoms with E-state index in [-0.39, 0.29) is 5.91 Å². The molecular formula is C23H30N4O2. The predicted octanol–water partition coefficient (Wildman–Crippen LogP) is 2.67. The smallest absolute Gasteiger partial charge is 0.251 e. The van der Waals surface area contributed by atoms with Crippen LogP contribution in [0.25, 0.3) is 0 Å². The van der Waals surface area contributed by atoms with E-state index in [1.165, 1.54) is 11.1 Å². The third kappa shape index (κ3) is 5.98. The third-order valence-corrected chi connectivity index (χ3v) is 4.87. The lowest BCUT2D eigenvalue weighted by molar-refractivity contribution is 0.0953. The van der Waals surface area contributed by atoms with E-state index >= 15 is 0 Å². The highest BCUT2D eigenvalue weighted by molar-refractivity contribution is 5.94. The number of nitrogens with zero attached hydrogens (tertiary/aromatic N) is 1. The number of amides is 1. The van der Waals surface area contributed by atoms with Crippen molar-refractivity contribution in [3.05, 3.63) is 64.7 Å². The molecule has 0 unspecified atom stereocenters. The number of ether oxygens (including phenoxy) is 1. The molecule has 0 atom stereocenters. The van der Waals surface area contributed by atoms with Gasteiger partial charge in [0.25, 0.3) is 5.91 Å². The van der Waals surface area contributed by atoms with Gasteiger partial charge in [0.15, 0.2) is 5.96 Å². The average Bonchev–Trinajstić information content (AvgIpc) is 3.22. The van der Waals surface area contributed by atoms with Gasteiger partial charge in [-0.25, -0.2) is 0 Å². The number of nitrogens with one attached hydrogen (secondary N) is 3. The van der Waals surface area contributed by atoms with Crippen LogP contribution in [0.4, 0.5) is 0 Å². The van der Waals surface area contributed by atoms with Crippen molar-refractivity contribution in [1.82, 2.24) is 16.0 Å². The lowest BCUT2D eigenvalue weighted by Crippen LogP contribution is -2.37. The van der Waals surface area contributed by atoms with Crippen molar-refractivity contribution < 1.29 is 9.53 Å². The number of aliphatic imine (C=N–C) groups is 1. The highest BCUT2D eigenvalue weighted by Gasteiger charge is 2.12. The number of fused-ring (bicyclic) bond motifs is 1. The van der Waals surface area contributed by atoms with Gasteiger partial charge in [-0.3, -0.25) is 9.79 Å². The zero-order chi connectivity index (χ0) is 20.5. The normalized spacial score (nSPS) is 12.8. The minimum Gasteiger partial charge on any atom is -0.493 e. The molecule has 0 spiro atoms. The van der Waals surface area contributed by atoms with E-state index in [9.17, 15) is 4.79 Å². The monoisotopic (exact) mass is 394 g/mol. The Labute approximate surface area is 172 Å². The lowest BCUT2D eigenvalue weighted by atomic mass is 10.1. The summed E-state index contributed by atoms with van der Waals surface area (Å²) in [5.74, 6) is 1.73. The van der Waals surface area contributed by atoms with Crippen molar-refractivity contribution >= 4 is 11.9 Å². The van der Waals surface area contributed by atoms with Crippen molar-refractivity contribution in [2.24, 2.45) is 4.99 Å². The Morgan fingerprint density at radius 2 is 1.97 bits per heavy atom. The Bertz CT molecular complexity index is 864. The summed E-state index contributed by atoms with van der Waals surface area (Å²) in [6.45, 7) is 4.91. The van der Waals surface area contributed by atoms with Gasteiger partial charge >= 0.3 is 0 Å². The van der Waals surface area contributed by atoms with Crippen molar-refractivity contribution in [3.63, 3.8) is 0 Å². The van der Waals surface area contributed by atoms with E-state index < -0.39 is 0 Å². The summed E-state index contributed by atoms with van der Waals surface area (Å²) >= 11 is 0. The van der Waals surface area contributed by atoms with E-state index in [0.717, 1.165) is 49.7 Å². The van der Waals surface area contributed by atoms with Crippen LogP contribution in [0.1, 0.15) is 40.4 Å². The van der Waals surface area contributed by atoms with Crippen LogP contribution in [0.15, 0.2) is 47.5 Å². The maximum absolute atomic E-state index is 12.1. The minimum atomic E-state index is -0.0315. The van der Waals surface area contributed by atoms with Crippen LogP contribution in [0.3, 0.4) is 0 Å². The van der Waals surface area contributed by atoms with Crippen LogP contribution in [0, 0.1) is 0 Å². The molecule has 6 heteroatoms. The maximum Gasteiger partial charge on any atom is 0.251 e. The van der Waals surface area contributed by atoms with Crippen LogP contribution in [-0.4, -0.2) is 38.6 Å². The van der Waals surface area contributed by atoms with Crippen molar-refractivity contribution in [1.29, 1.82) is 0 Å². The Morgan fingerprint density at radius 3 is 2.79 bits per heavy atom. The number of benzene rings is 2. The lowest BCUT2D eigenvalue weighted by Gasteiger charge is -2.13. The highest BCUT2D eigenvalue weighted by atomic mass is 16.5. The topological polar surface area (TPSA) is 74.8 Å². The van der Waals surface area contributed by atoms with Crippen LogP contribution in [-0.2, 0) is 19.4 Å². The van der Waals surface area contributed by atoms with Gasteiger partial charge in [-0.05, 0) is 47.7 Å². The van der Waals surface area contributed by atoms with Gasteiger partial charge in [-0.1, -0.05) is 31.2 Å². The summed E-state index contributed by atoms with van der Waals surface area (Å²) in [7, 11) is 1.76. The summed E-state index contributed by atoms with van der Waals surface area (Å²) < 4.78 is 5.56. The standard InChI is InChI=1S/C23H30N4O2/c1-3-11-25-22(28)20-6-4-5-18(15-20)16-27-23(24-2)26-12-9-17-7-8-21-19(14-17)10-13-29-21/h4-8,14-15H,3,9-13,16H2,1-2H3,(H,25,28)(H2,24,26,27). The zero-order valence-corrected chi connectivity index (χ0v) is 17.3.